The van der Waals surface area contributed by atoms with Crippen molar-refractivity contribution in [3.8, 4) is 0 Å². The van der Waals surface area contributed by atoms with Crippen LogP contribution in [0.5, 0.6) is 0 Å². The van der Waals surface area contributed by atoms with Crippen LogP contribution >= 0.6 is 0 Å². The van der Waals surface area contributed by atoms with Gasteiger partial charge in [0.25, 0.3) is 0 Å². The largest absolute Gasteiger partial charge is 0.0654 e. The molecule has 1 radical (unpaired) electrons. The summed E-state index contributed by atoms with van der Waals surface area (Å²) >= 11 is 0. The van der Waals surface area contributed by atoms with Crippen LogP contribution in [-0.2, 0) is 0 Å². The lowest BCUT2D eigenvalue weighted by Gasteiger charge is -2.10. The highest BCUT2D eigenvalue weighted by molar-refractivity contribution is 4.55. The highest BCUT2D eigenvalue weighted by atomic mass is 14.1. The molecule has 0 saturated heterocycles. The number of hydrogen-bond donors (Lipinski definition) is 0. The van der Waals surface area contributed by atoms with E-state index in [1.165, 1.54) is 70.6 Å². The molecule has 0 fully saturated rings. The van der Waals surface area contributed by atoms with E-state index in [9.17, 15) is 0 Å². The zero-order valence-corrected chi connectivity index (χ0v) is 11.8. The monoisotopic (exact) mass is 225 g/mol. The zero-order valence-electron chi connectivity index (χ0n) is 11.8. The third kappa shape index (κ3) is 12.1. The topological polar surface area (TPSA) is 0 Å². The fourth-order valence-electron chi connectivity index (χ4n) is 2.26. The van der Waals surface area contributed by atoms with E-state index in [-0.39, 0.29) is 0 Å². The Balaban J connectivity index is 3.08. The minimum absolute atomic E-state index is 0.963. The fraction of sp³-hybridized carbons (Fsp3) is 0.938. The third-order valence-electron chi connectivity index (χ3n) is 3.50. The summed E-state index contributed by atoms with van der Waals surface area (Å²) in [4.78, 5) is 0. The molecule has 0 aliphatic heterocycles. The Morgan fingerprint density at radius 3 is 1.81 bits per heavy atom. The molecule has 16 heavy (non-hydrogen) atoms. The maximum atomic E-state index is 3.88. The van der Waals surface area contributed by atoms with Gasteiger partial charge in [-0.05, 0) is 5.92 Å². The van der Waals surface area contributed by atoms with Gasteiger partial charge < -0.3 is 0 Å². The molecule has 0 aliphatic carbocycles. The summed E-state index contributed by atoms with van der Waals surface area (Å²) in [6.45, 7) is 8.60. The molecule has 0 heteroatoms. The second-order valence-electron chi connectivity index (χ2n) is 5.36. The molecule has 0 heterocycles. The van der Waals surface area contributed by atoms with Crippen molar-refractivity contribution in [3.63, 3.8) is 0 Å². The molecule has 0 nitrogen and oxygen atoms in total. The molecular formula is C16H33. The summed E-state index contributed by atoms with van der Waals surface area (Å²) in [5.41, 5.74) is 0. The SMILES string of the molecule is [CH2]CCCCCCCC(C)CCCCCC. The van der Waals surface area contributed by atoms with Crippen LogP contribution in [0.4, 0.5) is 0 Å². The van der Waals surface area contributed by atoms with Gasteiger partial charge in [0, 0.05) is 0 Å². The van der Waals surface area contributed by atoms with Crippen molar-refractivity contribution < 1.29 is 0 Å². The standard InChI is InChI=1S/C16H33/c1-4-6-8-10-11-13-15-16(3)14-12-9-7-5-2/h16H,1,4-15H2,2-3H3. The van der Waals surface area contributed by atoms with Crippen LogP contribution in [0.1, 0.15) is 90.9 Å². The lowest BCUT2D eigenvalue weighted by molar-refractivity contribution is 0.434. The van der Waals surface area contributed by atoms with E-state index in [2.05, 4.69) is 20.8 Å². The highest BCUT2D eigenvalue weighted by Gasteiger charge is 2.01. The van der Waals surface area contributed by atoms with E-state index in [1.54, 1.807) is 0 Å². The molecule has 0 spiro atoms. The Morgan fingerprint density at radius 2 is 1.25 bits per heavy atom. The van der Waals surface area contributed by atoms with E-state index in [0.717, 1.165) is 12.3 Å². The van der Waals surface area contributed by atoms with Gasteiger partial charge in [0.15, 0.2) is 0 Å². The van der Waals surface area contributed by atoms with Gasteiger partial charge in [-0.2, -0.15) is 0 Å². The molecule has 0 aromatic rings. The molecule has 0 saturated carbocycles. The minimum atomic E-state index is 0.963. The maximum Gasteiger partial charge on any atom is -0.0443 e. The van der Waals surface area contributed by atoms with Crippen LogP contribution in [0.25, 0.3) is 0 Å². The molecule has 0 aromatic carbocycles. The summed E-state index contributed by atoms with van der Waals surface area (Å²) in [5.74, 6) is 0.963. The average molecular weight is 225 g/mol. The first kappa shape index (κ1) is 16.0. The van der Waals surface area contributed by atoms with Gasteiger partial charge >= 0.3 is 0 Å². The van der Waals surface area contributed by atoms with Crippen molar-refractivity contribution in [2.75, 3.05) is 0 Å². The second-order valence-corrected chi connectivity index (χ2v) is 5.36. The van der Waals surface area contributed by atoms with Crippen LogP contribution in [0.15, 0.2) is 0 Å². The van der Waals surface area contributed by atoms with Crippen molar-refractivity contribution in [1.82, 2.24) is 0 Å². The van der Waals surface area contributed by atoms with Crippen molar-refractivity contribution in [2.45, 2.75) is 90.9 Å². The molecule has 0 aromatic heterocycles. The predicted octanol–water partition coefficient (Wildman–Crippen LogP) is 6.16. The lowest BCUT2D eigenvalue weighted by Crippen LogP contribution is -1.95. The molecule has 0 rings (SSSR count). The second kappa shape index (κ2) is 13.1. The van der Waals surface area contributed by atoms with Gasteiger partial charge in [-0.1, -0.05) is 97.8 Å². The number of hydrogen-bond acceptors (Lipinski definition) is 0. The summed E-state index contributed by atoms with van der Waals surface area (Å²) < 4.78 is 0. The van der Waals surface area contributed by atoms with Gasteiger partial charge in [-0.15, -0.1) is 0 Å². The Kier molecular flexibility index (Phi) is 13.1. The molecular weight excluding hydrogens is 192 g/mol. The average Bonchev–Trinajstić information content (AvgIpc) is 2.29. The maximum absolute atomic E-state index is 3.88. The number of rotatable bonds is 12. The molecule has 0 amide bonds. The van der Waals surface area contributed by atoms with Crippen LogP contribution in [0, 0.1) is 12.8 Å². The quantitative estimate of drug-likeness (QED) is 0.349. The first-order valence-electron chi connectivity index (χ1n) is 7.60. The molecule has 1 unspecified atom stereocenters. The first-order valence-corrected chi connectivity index (χ1v) is 7.60. The van der Waals surface area contributed by atoms with Gasteiger partial charge in [0.1, 0.15) is 0 Å². The predicted molar refractivity (Wildman–Crippen MR) is 75.6 cm³/mol. The van der Waals surface area contributed by atoms with E-state index >= 15 is 0 Å². The molecule has 0 bridgehead atoms. The van der Waals surface area contributed by atoms with Crippen molar-refractivity contribution >= 4 is 0 Å². The van der Waals surface area contributed by atoms with Gasteiger partial charge in [-0.3, -0.25) is 0 Å². The van der Waals surface area contributed by atoms with Gasteiger partial charge in [-0.25, -0.2) is 0 Å². The van der Waals surface area contributed by atoms with Crippen molar-refractivity contribution in [3.05, 3.63) is 6.92 Å². The van der Waals surface area contributed by atoms with E-state index in [4.69, 9.17) is 0 Å². The van der Waals surface area contributed by atoms with Crippen LogP contribution in [-0.4, -0.2) is 0 Å². The summed E-state index contributed by atoms with van der Waals surface area (Å²) in [6, 6.07) is 0. The minimum Gasteiger partial charge on any atom is -0.0654 e. The zero-order chi connectivity index (χ0) is 12.1. The third-order valence-corrected chi connectivity index (χ3v) is 3.50. The van der Waals surface area contributed by atoms with Gasteiger partial charge in [0.05, 0.1) is 0 Å². The Morgan fingerprint density at radius 1 is 0.750 bits per heavy atom. The lowest BCUT2D eigenvalue weighted by atomic mass is 9.96. The van der Waals surface area contributed by atoms with Crippen LogP contribution in [0.3, 0.4) is 0 Å². The Labute approximate surface area is 104 Å². The number of unbranched alkanes of at least 4 members (excludes halogenated alkanes) is 8. The normalized spacial score (nSPS) is 12.9. The first-order chi connectivity index (χ1) is 7.81. The van der Waals surface area contributed by atoms with Crippen molar-refractivity contribution in [2.24, 2.45) is 5.92 Å². The highest BCUT2D eigenvalue weighted by Crippen LogP contribution is 2.17. The fourth-order valence-corrected chi connectivity index (χ4v) is 2.26. The van der Waals surface area contributed by atoms with E-state index in [1.807, 2.05) is 0 Å². The van der Waals surface area contributed by atoms with Crippen LogP contribution in [0.2, 0.25) is 0 Å². The van der Waals surface area contributed by atoms with Crippen molar-refractivity contribution in [1.29, 1.82) is 0 Å². The summed E-state index contributed by atoms with van der Waals surface area (Å²) in [7, 11) is 0. The summed E-state index contributed by atoms with van der Waals surface area (Å²) in [5, 5.41) is 0. The molecule has 0 aliphatic rings. The molecule has 97 valence electrons. The Bertz CT molecular complexity index is 117. The van der Waals surface area contributed by atoms with Gasteiger partial charge in [0.2, 0.25) is 0 Å². The molecule has 1 atom stereocenters. The summed E-state index contributed by atoms with van der Waals surface area (Å²) in [6.07, 6.45) is 16.8. The smallest absolute Gasteiger partial charge is 0.0443 e. The van der Waals surface area contributed by atoms with Crippen LogP contribution < -0.4 is 0 Å². The van der Waals surface area contributed by atoms with E-state index < -0.39 is 0 Å². The molecule has 0 N–H and O–H groups in total. The Hall–Kier alpha value is 0. The van der Waals surface area contributed by atoms with E-state index in [0.29, 0.717) is 0 Å².